The average molecular weight is 386 g/mol. The van der Waals surface area contributed by atoms with Crippen LogP contribution in [0.25, 0.3) is 11.3 Å². The highest BCUT2D eigenvalue weighted by molar-refractivity contribution is 6.30. The number of benzene rings is 2. The Balaban J connectivity index is 1.82. The molecule has 1 atom stereocenters. The zero-order chi connectivity index (χ0) is 19.4. The molecule has 8 heteroatoms. The maximum Gasteiger partial charge on any atom is 0.341 e. The van der Waals surface area contributed by atoms with Crippen LogP contribution in [0.2, 0.25) is 5.02 Å². The fourth-order valence-corrected chi connectivity index (χ4v) is 2.69. The molecule has 3 aromatic rings. The number of carboxylic acid groups (broad SMARTS) is 1. The Labute approximate surface area is 159 Å². The second kappa shape index (κ2) is 7.92. The third kappa shape index (κ3) is 4.27. The number of carboxylic acids is 1. The molecule has 0 saturated carbocycles. The molecule has 0 spiro atoms. The number of carbonyl (C=O) groups excluding carboxylic acids is 1. The number of anilines is 1. The summed E-state index contributed by atoms with van der Waals surface area (Å²) in [6.45, 7) is 1.61. The minimum Gasteiger partial charge on any atom is -0.477 e. The van der Waals surface area contributed by atoms with E-state index < -0.39 is 18.0 Å². The third-order valence-corrected chi connectivity index (χ3v) is 4.07. The SMILES string of the molecule is C[C@@H](NC(=O)Nc1ccccc1)c1onc(-c2ccc(Cl)cc2)c1C(=O)O. The minimum absolute atomic E-state index is 0.0515. The highest BCUT2D eigenvalue weighted by Crippen LogP contribution is 2.30. The van der Waals surface area contributed by atoms with Gasteiger partial charge in [0.05, 0.1) is 6.04 Å². The first-order valence-electron chi connectivity index (χ1n) is 8.07. The topological polar surface area (TPSA) is 104 Å². The molecule has 2 aromatic carbocycles. The van der Waals surface area contributed by atoms with E-state index in [1.165, 1.54) is 0 Å². The van der Waals surface area contributed by atoms with E-state index in [9.17, 15) is 14.7 Å². The lowest BCUT2D eigenvalue weighted by atomic mass is 10.0. The van der Waals surface area contributed by atoms with Crippen LogP contribution in [0.4, 0.5) is 10.5 Å². The van der Waals surface area contributed by atoms with Gasteiger partial charge < -0.3 is 20.3 Å². The molecule has 138 valence electrons. The quantitative estimate of drug-likeness (QED) is 0.596. The van der Waals surface area contributed by atoms with Crippen LogP contribution in [-0.2, 0) is 0 Å². The van der Waals surface area contributed by atoms with Gasteiger partial charge in [-0.15, -0.1) is 0 Å². The van der Waals surface area contributed by atoms with Crippen molar-refractivity contribution >= 4 is 29.3 Å². The van der Waals surface area contributed by atoms with Gasteiger partial charge in [0, 0.05) is 16.3 Å². The van der Waals surface area contributed by atoms with Crippen LogP contribution in [0.5, 0.6) is 0 Å². The standard InChI is InChI=1S/C19H16ClN3O4/c1-11(21-19(26)22-14-5-3-2-4-6-14)17-15(18(24)25)16(23-27-17)12-7-9-13(20)10-8-12/h2-11H,1H3,(H,24,25)(H2,21,22,26)/t11-/m1/s1. The summed E-state index contributed by atoms with van der Waals surface area (Å²) in [6, 6.07) is 14.2. The van der Waals surface area contributed by atoms with Crippen molar-refractivity contribution in [3.63, 3.8) is 0 Å². The Hall–Kier alpha value is -3.32. The number of amides is 2. The first-order valence-corrected chi connectivity index (χ1v) is 8.45. The number of carbonyl (C=O) groups is 2. The molecular formula is C19H16ClN3O4. The number of para-hydroxylation sites is 1. The number of nitrogens with zero attached hydrogens (tertiary/aromatic N) is 1. The fraction of sp³-hybridized carbons (Fsp3) is 0.105. The van der Waals surface area contributed by atoms with E-state index in [4.69, 9.17) is 16.1 Å². The van der Waals surface area contributed by atoms with Gasteiger partial charge in [-0.1, -0.05) is 47.1 Å². The van der Waals surface area contributed by atoms with Crippen molar-refractivity contribution in [1.82, 2.24) is 10.5 Å². The molecule has 7 nitrogen and oxygen atoms in total. The Morgan fingerprint density at radius 1 is 1.11 bits per heavy atom. The maximum atomic E-state index is 12.1. The first kappa shape index (κ1) is 18.5. The molecular weight excluding hydrogens is 370 g/mol. The van der Waals surface area contributed by atoms with Crippen LogP contribution in [0, 0.1) is 0 Å². The van der Waals surface area contributed by atoms with E-state index in [0.29, 0.717) is 16.3 Å². The molecule has 1 aromatic heterocycles. The second-order valence-electron chi connectivity index (χ2n) is 5.77. The predicted molar refractivity (Wildman–Crippen MR) is 101 cm³/mol. The maximum absolute atomic E-state index is 12.1. The monoisotopic (exact) mass is 385 g/mol. The lowest BCUT2D eigenvalue weighted by molar-refractivity contribution is 0.0694. The van der Waals surface area contributed by atoms with Crippen molar-refractivity contribution in [2.24, 2.45) is 0 Å². The summed E-state index contributed by atoms with van der Waals surface area (Å²) >= 11 is 5.87. The summed E-state index contributed by atoms with van der Waals surface area (Å²) in [5.74, 6) is -1.15. The van der Waals surface area contributed by atoms with Gasteiger partial charge in [0.25, 0.3) is 0 Å². The summed E-state index contributed by atoms with van der Waals surface area (Å²) < 4.78 is 5.25. The molecule has 0 aliphatic heterocycles. The highest BCUT2D eigenvalue weighted by Gasteiger charge is 2.28. The van der Waals surface area contributed by atoms with Crippen LogP contribution >= 0.6 is 11.6 Å². The Morgan fingerprint density at radius 3 is 2.41 bits per heavy atom. The van der Waals surface area contributed by atoms with Crippen LogP contribution in [0.3, 0.4) is 0 Å². The lowest BCUT2D eigenvalue weighted by Gasteiger charge is -2.13. The average Bonchev–Trinajstić information content (AvgIpc) is 3.08. The van der Waals surface area contributed by atoms with Crippen LogP contribution in [0.1, 0.15) is 29.1 Å². The molecule has 0 aliphatic carbocycles. The molecule has 0 bridgehead atoms. The zero-order valence-corrected chi connectivity index (χ0v) is 15.0. The molecule has 2 amide bonds. The normalized spacial score (nSPS) is 11.6. The summed E-state index contributed by atoms with van der Waals surface area (Å²) in [7, 11) is 0. The number of halogens is 1. The van der Waals surface area contributed by atoms with Gasteiger partial charge in [-0.05, 0) is 31.2 Å². The van der Waals surface area contributed by atoms with Crippen molar-refractivity contribution in [2.45, 2.75) is 13.0 Å². The van der Waals surface area contributed by atoms with Gasteiger partial charge in [-0.3, -0.25) is 0 Å². The highest BCUT2D eigenvalue weighted by atomic mass is 35.5. The number of rotatable bonds is 5. The minimum atomic E-state index is -1.20. The van der Waals surface area contributed by atoms with Gasteiger partial charge in [-0.25, -0.2) is 9.59 Å². The zero-order valence-electron chi connectivity index (χ0n) is 14.3. The Morgan fingerprint density at radius 2 is 1.78 bits per heavy atom. The van der Waals surface area contributed by atoms with Crippen molar-refractivity contribution in [2.75, 3.05) is 5.32 Å². The molecule has 0 unspecified atom stereocenters. The van der Waals surface area contributed by atoms with Crippen molar-refractivity contribution < 1.29 is 19.2 Å². The van der Waals surface area contributed by atoms with Gasteiger partial charge in [-0.2, -0.15) is 0 Å². The largest absolute Gasteiger partial charge is 0.477 e. The molecule has 0 radical (unpaired) electrons. The molecule has 1 heterocycles. The number of aromatic carboxylic acids is 1. The van der Waals surface area contributed by atoms with Gasteiger partial charge in [0.15, 0.2) is 5.76 Å². The Bertz CT molecular complexity index is 955. The molecule has 3 N–H and O–H groups in total. The molecule has 0 saturated heterocycles. The first-order chi connectivity index (χ1) is 13.0. The fourth-order valence-electron chi connectivity index (χ4n) is 2.56. The van der Waals surface area contributed by atoms with E-state index in [-0.39, 0.29) is 17.0 Å². The van der Waals surface area contributed by atoms with Crippen molar-refractivity contribution in [3.05, 3.63) is 70.9 Å². The van der Waals surface area contributed by atoms with E-state index in [1.54, 1.807) is 55.5 Å². The van der Waals surface area contributed by atoms with Crippen molar-refractivity contribution in [1.29, 1.82) is 0 Å². The molecule has 0 aliphatic rings. The molecule has 3 rings (SSSR count). The van der Waals surface area contributed by atoms with Crippen molar-refractivity contribution in [3.8, 4) is 11.3 Å². The van der Waals surface area contributed by atoms with Gasteiger partial charge >= 0.3 is 12.0 Å². The van der Waals surface area contributed by atoms with E-state index >= 15 is 0 Å². The third-order valence-electron chi connectivity index (χ3n) is 3.82. The molecule has 27 heavy (non-hydrogen) atoms. The second-order valence-corrected chi connectivity index (χ2v) is 6.21. The van der Waals surface area contributed by atoms with Crippen LogP contribution in [-0.4, -0.2) is 22.3 Å². The number of hydrogen-bond acceptors (Lipinski definition) is 4. The summed E-state index contributed by atoms with van der Waals surface area (Å²) in [5, 5.41) is 19.3. The summed E-state index contributed by atoms with van der Waals surface area (Å²) in [6.07, 6.45) is 0. The van der Waals surface area contributed by atoms with Crippen LogP contribution < -0.4 is 10.6 Å². The van der Waals surface area contributed by atoms with Crippen LogP contribution in [0.15, 0.2) is 59.1 Å². The number of hydrogen-bond donors (Lipinski definition) is 3. The lowest BCUT2D eigenvalue weighted by Crippen LogP contribution is -2.31. The predicted octanol–water partition coefficient (Wildman–Crippen LogP) is 4.58. The van der Waals surface area contributed by atoms with Gasteiger partial charge in [0.2, 0.25) is 0 Å². The van der Waals surface area contributed by atoms with E-state index in [1.807, 2.05) is 6.07 Å². The summed E-state index contributed by atoms with van der Waals surface area (Å²) in [4.78, 5) is 23.9. The van der Waals surface area contributed by atoms with E-state index in [2.05, 4.69) is 15.8 Å². The van der Waals surface area contributed by atoms with E-state index in [0.717, 1.165) is 0 Å². The number of nitrogens with one attached hydrogen (secondary N) is 2. The number of aromatic nitrogens is 1. The Kier molecular flexibility index (Phi) is 5.42. The van der Waals surface area contributed by atoms with Gasteiger partial charge in [0.1, 0.15) is 11.3 Å². The number of urea groups is 1. The molecule has 0 fully saturated rings. The summed E-state index contributed by atoms with van der Waals surface area (Å²) in [5.41, 5.74) is 1.23. The smallest absolute Gasteiger partial charge is 0.341 e.